The molecule has 6 heteroatoms. The summed E-state index contributed by atoms with van der Waals surface area (Å²) < 4.78 is 1.47. The number of piperidine rings is 1. The first-order valence-corrected chi connectivity index (χ1v) is 6.76. The summed E-state index contributed by atoms with van der Waals surface area (Å²) >= 11 is 10.7. The first-order chi connectivity index (χ1) is 7.49. The molecule has 3 nitrogen and oxygen atoms in total. The summed E-state index contributed by atoms with van der Waals surface area (Å²) in [5.41, 5.74) is 0. The maximum Gasteiger partial charge on any atom is 0.230 e. The van der Waals surface area contributed by atoms with Crippen LogP contribution in [0.2, 0.25) is 4.34 Å². The molecule has 0 radical (unpaired) electrons. The highest BCUT2D eigenvalue weighted by Gasteiger charge is 2.34. The van der Waals surface area contributed by atoms with Crippen molar-refractivity contribution < 1.29 is 9.59 Å². The highest BCUT2D eigenvalue weighted by atomic mass is 79.9. The predicted octanol–water partition coefficient (Wildman–Crippen LogP) is 2.93. The van der Waals surface area contributed by atoms with Crippen LogP contribution >= 0.6 is 38.9 Å². The zero-order chi connectivity index (χ0) is 11.9. The van der Waals surface area contributed by atoms with Gasteiger partial charge in [-0.1, -0.05) is 18.5 Å². The van der Waals surface area contributed by atoms with Gasteiger partial charge < -0.3 is 0 Å². The van der Waals surface area contributed by atoms with Gasteiger partial charge in [0.2, 0.25) is 11.8 Å². The zero-order valence-electron chi connectivity index (χ0n) is 8.42. The van der Waals surface area contributed by atoms with Crippen LogP contribution in [0, 0.1) is 5.92 Å². The molecule has 1 aliphatic heterocycles. The first-order valence-electron chi connectivity index (χ1n) is 4.77. The van der Waals surface area contributed by atoms with Crippen LogP contribution in [0.25, 0.3) is 0 Å². The quantitative estimate of drug-likeness (QED) is 0.808. The van der Waals surface area contributed by atoms with Crippen molar-refractivity contribution in [1.29, 1.82) is 0 Å². The van der Waals surface area contributed by atoms with Gasteiger partial charge in [-0.3, -0.25) is 14.9 Å². The predicted molar refractivity (Wildman–Crippen MR) is 66.7 cm³/mol. The van der Waals surface area contributed by atoms with Crippen LogP contribution in [0.15, 0.2) is 10.5 Å². The van der Waals surface area contributed by atoms with E-state index in [1.54, 1.807) is 0 Å². The summed E-state index contributed by atoms with van der Waals surface area (Å²) in [6.45, 7) is 1.83. The van der Waals surface area contributed by atoms with Gasteiger partial charge in [-0.2, -0.15) is 0 Å². The SMILES string of the molecule is CC1C(=O)NC(=O)CC1c1cc(Br)c(Cl)s1. The Labute approximate surface area is 110 Å². The van der Waals surface area contributed by atoms with Crippen LogP contribution < -0.4 is 5.32 Å². The molecule has 1 aliphatic rings. The minimum Gasteiger partial charge on any atom is -0.296 e. The second-order valence-electron chi connectivity index (χ2n) is 3.78. The van der Waals surface area contributed by atoms with Gasteiger partial charge in [-0.25, -0.2) is 0 Å². The van der Waals surface area contributed by atoms with Crippen molar-refractivity contribution in [3.8, 4) is 0 Å². The lowest BCUT2D eigenvalue weighted by Gasteiger charge is -2.26. The number of rotatable bonds is 1. The van der Waals surface area contributed by atoms with Crippen molar-refractivity contribution in [3.63, 3.8) is 0 Å². The zero-order valence-corrected chi connectivity index (χ0v) is 11.6. The number of hydrogen-bond acceptors (Lipinski definition) is 3. The Morgan fingerprint density at radius 3 is 2.81 bits per heavy atom. The van der Waals surface area contributed by atoms with E-state index < -0.39 is 0 Å². The molecule has 16 heavy (non-hydrogen) atoms. The summed E-state index contributed by atoms with van der Waals surface area (Å²) in [6, 6.07) is 1.89. The van der Waals surface area contributed by atoms with E-state index in [-0.39, 0.29) is 23.7 Å². The Balaban J connectivity index is 2.31. The lowest BCUT2D eigenvalue weighted by atomic mass is 9.86. The molecule has 0 bridgehead atoms. The molecule has 2 heterocycles. The van der Waals surface area contributed by atoms with E-state index in [9.17, 15) is 9.59 Å². The van der Waals surface area contributed by atoms with Crippen LogP contribution in [0.3, 0.4) is 0 Å². The van der Waals surface area contributed by atoms with E-state index in [4.69, 9.17) is 11.6 Å². The van der Waals surface area contributed by atoms with Gasteiger partial charge in [-0.15, -0.1) is 11.3 Å². The number of amides is 2. The molecule has 0 saturated carbocycles. The molecular formula is C10H9BrClNO2S. The molecule has 2 amide bonds. The average Bonchev–Trinajstić information content (AvgIpc) is 2.53. The molecule has 86 valence electrons. The summed E-state index contributed by atoms with van der Waals surface area (Å²) in [7, 11) is 0. The summed E-state index contributed by atoms with van der Waals surface area (Å²) in [6.07, 6.45) is 0.343. The number of carbonyl (C=O) groups is 2. The van der Waals surface area contributed by atoms with E-state index in [1.165, 1.54) is 11.3 Å². The Morgan fingerprint density at radius 2 is 2.25 bits per heavy atom. The fourth-order valence-electron chi connectivity index (χ4n) is 1.75. The van der Waals surface area contributed by atoms with Crippen molar-refractivity contribution in [2.45, 2.75) is 19.3 Å². The monoisotopic (exact) mass is 321 g/mol. The third-order valence-corrected chi connectivity index (χ3v) is 5.32. The van der Waals surface area contributed by atoms with E-state index in [2.05, 4.69) is 21.2 Å². The van der Waals surface area contributed by atoms with Gasteiger partial charge >= 0.3 is 0 Å². The smallest absolute Gasteiger partial charge is 0.230 e. The van der Waals surface area contributed by atoms with Crippen molar-refractivity contribution in [2.75, 3.05) is 0 Å². The topological polar surface area (TPSA) is 46.2 Å². The molecule has 1 fully saturated rings. The summed E-state index contributed by atoms with van der Waals surface area (Å²) in [4.78, 5) is 23.8. The van der Waals surface area contributed by atoms with Crippen LogP contribution in [0.4, 0.5) is 0 Å². The second-order valence-corrected chi connectivity index (χ2v) is 6.32. The van der Waals surface area contributed by atoms with E-state index in [0.29, 0.717) is 10.8 Å². The van der Waals surface area contributed by atoms with Crippen LogP contribution in [0.1, 0.15) is 24.1 Å². The van der Waals surface area contributed by atoms with Gasteiger partial charge in [0, 0.05) is 27.6 Å². The standard InChI is InChI=1S/C10H9BrClNO2S/c1-4-5(2-8(14)13-10(4)15)7-3-6(11)9(12)16-7/h3-5H,2H2,1H3,(H,13,14,15). The Morgan fingerprint density at radius 1 is 1.56 bits per heavy atom. The molecule has 1 saturated heterocycles. The van der Waals surface area contributed by atoms with E-state index in [1.807, 2.05) is 13.0 Å². The normalized spacial score (nSPS) is 25.7. The van der Waals surface area contributed by atoms with Gasteiger partial charge in [0.05, 0.1) is 0 Å². The highest BCUT2D eigenvalue weighted by Crippen LogP contribution is 2.41. The molecule has 2 unspecified atom stereocenters. The third-order valence-electron chi connectivity index (χ3n) is 2.71. The number of hydrogen-bond donors (Lipinski definition) is 1. The van der Waals surface area contributed by atoms with Gasteiger partial charge in [-0.05, 0) is 22.0 Å². The first kappa shape index (κ1) is 12.1. The third kappa shape index (κ3) is 2.17. The molecule has 1 N–H and O–H groups in total. The fraction of sp³-hybridized carbons (Fsp3) is 0.400. The van der Waals surface area contributed by atoms with Crippen molar-refractivity contribution in [2.24, 2.45) is 5.92 Å². The number of nitrogens with one attached hydrogen (secondary N) is 1. The van der Waals surface area contributed by atoms with Crippen LogP contribution in [0.5, 0.6) is 0 Å². The van der Waals surface area contributed by atoms with Gasteiger partial charge in [0.1, 0.15) is 4.34 Å². The number of thiophene rings is 1. The minimum absolute atomic E-state index is 0.0601. The Hall–Kier alpha value is -0.390. The molecular weight excluding hydrogens is 314 g/mol. The van der Waals surface area contributed by atoms with Crippen molar-refractivity contribution in [3.05, 3.63) is 19.8 Å². The Kier molecular flexibility index (Phi) is 3.37. The van der Waals surface area contributed by atoms with E-state index in [0.717, 1.165) is 9.35 Å². The molecule has 1 aromatic heterocycles. The molecule has 2 atom stereocenters. The maximum atomic E-state index is 11.5. The Bertz CT molecular complexity index is 440. The van der Waals surface area contributed by atoms with Crippen LogP contribution in [-0.4, -0.2) is 11.8 Å². The maximum absolute atomic E-state index is 11.5. The second kappa shape index (κ2) is 4.47. The molecule has 0 aromatic carbocycles. The van der Waals surface area contributed by atoms with E-state index >= 15 is 0 Å². The molecule has 0 aliphatic carbocycles. The van der Waals surface area contributed by atoms with Crippen molar-refractivity contribution in [1.82, 2.24) is 5.32 Å². The average molecular weight is 323 g/mol. The van der Waals surface area contributed by atoms with Crippen LogP contribution in [-0.2, 0) is 9.59 Å². The summed E-state index contributed by atoms with van der Waals surface area (Å²) in [5, 5.41) is 2.33. The lowest BCUT2D eigenvalue weighted by Crippen LogP contribution is -2.43. The highest BCUT2D eigenvalue weighted by molar-refractivity contribution is 9.10. The minimum atomic E-state index is -0.214. The number of imide groups is 1. The fourth-order valence-corrected chi connectivity index (χ4v) is 3.70. The number of carbonyl (C=O) groups excluding carboxylic acids is 2. The van der Waals surface area contributed by atoms with Crippen molar-refractivity contribution >= 4 is 50.7 Å². The van der Waals surface area contributed by atoms with Gasteiger partial charge in [0.15, 0.2) is 0 Å². The number of halogens is 2. The molecule has 1 aromatic rings. The molecule has 2 rings (SSSR count). The van der Waals surface area contributed by atoms with Gasteiger partial charge in [0.25, 0.3) is 0 Å². The molecule has 0 spiro atoms. The lowest BCUT2D eigenvalue weighted by molar-refractivity contribution is -0.136. The summed E-state index contributed by atoms with van der Waals surface area (Å²) in [5.74, 6) is -0.676. The largest absolute Gasteiger partial charge is 0.296 e.